The van der Waals surface area contributed by atoms with E-state index in [-0.39, 0.29) is 5.41 Å². The Kier molecular flexibility index (Phi) is 2.89. The first-order valence-corrected chi connectivity index (χ1v) is 8.51. The van der Waals surface area contributed by atoms with Crippen molar-refractivity contribution in [1.82, 2.24) is 20.1 Å². The molecule has 5 rings (SSSR count). The van der Waals surface area contributed by atoms with Crippen molar-refractivity contribution in [3.63, 3.8) is 0 Å². The van der Waals surface area contributed by atoms with Crippen molar-refractivity contribution in [2.45, 2.75) is 44.4 Å². The molecule has 2 aliphatic carbocycles. The number of rotatable bonds is 2. The summed E-state index contributed by atoms with van der Waals surface area (Å²) in [5.41, 5.74) is 2.91. The van der Waals surface area contributed by atoms with Crippen LogP contribution in [0.15, 0.2) is 28.9 Å². The van der Waals surface area contributed by atoms with Gasteiger partial charge in [0, 0.05) is 25.0 Å². The zero-order valence-electron chi connectivity index (χ0n) is 13.3. The smallest absolute Gasteiger partial charge is 0.230 e. The Morgan fingerprint density at radius 1 is 1.12 bits per heavy atom. The van der Waals surface area contributed by atoms with Crippen LogP contribution in [-0.2, 0) is 4.79 Å². The molecule has 1 spiro atoms. The number of hydrogen-bond acceptors (Lipinski definition) is 5. The zero-order valence-corrected chi connectivity index (χ0v) is 13.3. The number of ketones is 1. The summed E-state index contributed by atoms with van der Waals surface area (Å²) in [4.78, 5) is 23.6. The van der Waals surface area contributed by atoms with Crippen molar-refractivity contribution in [1.29, 1.82) is 0 Å². The lowest BCUT2D eigenvalue weighted by atomic mass is 9.58. The summed E-state index contributed by atoms with van der Waals surface area (Å²) in [6.45, 7) is 0. The number of aromatic nitrogens is 4. The van der Waals surface area contributed by atoms with Gasteiger partial charge in [0.1, 0.15) is 11.5 Å². The first-order chi connectivity index (χ1) is 11.7. The maximum Gasteiger partial charge on any atom is 0.230 e. The summed E-state index contributed by atoms with van der Waals surface area (Å²) < 4.78 is 5.52. The number of pyridine rings is 1. The molecule has 3 aromatic heterocycles. The normalized spacial score (nSPS) is 20.6. The number of aromatic amines is 1. The molecule has 122 valence electrons. The molecule has 24 heavy (non-hydrogen) atoms. The quantitative estimate of drug-likeness (QED) is 0.779. The molecule has 2 saturated carbocycles. The number of Topliss-reactive ketones (excluding diaryl/α,β-unsaturated/α-hetero) is 1. The molecule has 2 fully saturated rings. The summed E-state index contributed by atoms with van der Waals surface area (Å²) in [6.07, 6.45) is 7.65. The second-order valence-electron chi connectivity index (χ2n) is 7.23. The number of nitrogens with one attached hydrogen (secondary N) is 1. The third-order valence-corrected chi connectivity index (χ3v) is 5.62. The highest BCUT2D eigenvalue weighted by molar-refractivity contribution is 5.86. The molecule has 0 atom stereocenters. The molecule has 2 aliphatic rings. The van der Waals surface area contributed by atoms with Crippen LogP contribution >= 0.6 is 0 Å². The summed E-state index contributed by atoms with van der Waals surface area (Å²) >= 11 is 0. The molecule has 6 heteroatoms. The van der Waals surface area contributed by atoms with E-state index in [1.165, 1.54) is 0 Å². The van der Waals surface area contributed by atoms with Crippen molar-refractivity contribution in [3.05, 3.63) is 30.3 Å². The lowest BCUT2D eigenvalue weighted by Gasteiger charge is -2.45. The average molecular weight is 322 g/mol. The number of carbonyl (C=O) groups is 1. The van der Waals surface area contributed by atoms with E-state index >= 15 is 0 Å². The van der Waals surface area contributed by atoms with Crippen molar-refractivity contribution < 1.29 is 9.32 Å². The predicted molar refractivity (Wildman–Crippen MR) is 87.3 cm³/mol. The third-order valence-electron chi connectivity index (χ3n) is 5.62. The molecular formula is C18H18N4O2. The zero-order chi connectivity index (χ0) is 16.1. The Labute approximate surface area is 138 Å². The molecule has 0 aliphatic heterocycles. The van der Waals surface area contributed by atoms with Gasteiger partial charge in [-0.2, -0.15) is 4.98 Å². The van der Waals surface area contributed by atoms with Crippen molar-refractivity contribution in [2.75, 3.05) is 0 Å². The van der Waals surface area contributed by atoms with Gasteiger partial charge in [-0.15, -0.1) is 0 Å². The van der Waals surface area contributed by atoms with E-state index in [9.17, 15) is 4.79 Å². The molecule has 3 aromatic rings. The van der Waals surface area contributed by atoms with E-state index in [4.69, 9.17) is 4.52 Å². The minimum Gasteiger partial charge on any atom is -0.360 e. The monoisotopic (exact) mass is 322 g/mol. The Bertz CT molecular complexity index is 908. The molecule has 0 amide bonds. The van der Waals surface area contributed by atoms with Gasteiger partial charge in [0.25, 0.3) is 0 Å². The van der Waals surface area contributed by atoms with Crippen LogP contribution in [0, 0.1) is 5.41 Å². The topological polar surface area (TPSA) is 84.7 Å². The summed E-state index contributed by atoms with van der Waals surface area (Å²) in [6, 6.07) is 5.81. The van der Waals surface area contributed by atoms with Gasteiger partial charge in [0.2, 0.25) is 11.7 Å². The van der Waals surface area contributed by atoms with Crippen molar-refractivity contribution in [2.24, 2.45) is 5.41 Å². The summed E-state index contributed by atoms with van der Waals surface area (Å²) in [5.74, 6) is 1.98. The molecule has 0 aromatic carbocycles. The Morgan fingerprint density at radius 2 is 1.96 bits per heavy atom. The Hall–Kier alpha value is -2.50. The Morgan fingerprint density at radius 3 is 2.75 bits per heavy atom. The van der Waals surface area contributed by atoms with Gasteiger partial charge in [0.05, 0.1) is 11.0 Å². The standard InChI is InChI=1S/C18H18N4O2/c23-12-9-18(10-12)6-3-11(4-7-18)17-21-16(22-24-17)15-2-1-13-14(20-15)5-8-19-13/h1-2,5,8,11,19H,3-4,6-7,9-10H2. The van der Waals surface area contributed by atoms with Crippen molar-refractivity contribution in [3.8, 4) is 11.5 Å². The number of H-pyrrole nitrogens is 1. The largest absolute Gasteiger partial charge is 0.360 e. The SMILES string of the molecule is O=C1CC2(CCC(c3nc(-c4ccc5[nH]ccc5n4)no3)CC2)C1. The highest BCUT2D eigenvalue weighted by atomic mass is 16.5. The van der Waals surface area contributed by atoms with Gasteiger partial charge in [-0.05, 0) is 49.3 Å². The fraction of sp³-hybridized carbons (Fsp3) is 0.444. The lowest BCUT2D eigenvalue weighted by Crippen LogP contribution is -2.40. The van der Waals surface area contributed by atoms with Crippen LogP contribution in [0.5, 0.6) is 0 Å². The molecule has 0 radical (unpaired) electrons. The first-order valence-electron chi connectivity index (χ1n) is 8.51. The van der Waals surface area contributed by atoms with Crippen LogP contribution in [0.4, 0.5) is 0 Å². The average Bonchev–Trinajstić information content (AvgIpc) is 3.23. The minimum atomic E-state index is 0.289. The van der Waals surface area contributed by atoms with Crippen LogP contribution in [0.3, 0.4) is 0 Å². The number of hydrogen-bond donors (Lipinski definition) is 1. The molecule has 6 nitrogen and oxygen atoms in total. The van der Waals surface area contributed by atoms with Crippen LogP contribution in [-0.4, -0.2) is 25.9 Å². The van der Waals surface area contributed by atoms with E-state index in [0.29, 0.717) is 23.4 Å². The summed E-state index contributed by atoms with van der Waals surface area (Å²) in [5, 5.41) is 4.12. The summed E-state index contributed by atoms with van der Waals surface area (Å²) in [7, 11) is 0. The number of fused-ring (bicyclic) bond motifs is 1. The highest BCUT2D eigenvalue weighted by Gasteiger charge is 2.46. The molecule has 1 N–H and O–H groups in total. The van der Waals surface area contributed by atoms with Gasteiger partial charge >= 0.3 is 0 Å². The van der Waals surface area contributed by atoms with Gasteiger partial charge in [-0.25, -0.2) is 4.98 Å². The molecule has 0 unspecified atom stereocenters. The second kappa shape index (κ2) is 5.00. The highest BCUT2D eigenvalue weighted by Crippen LogP contribution is 2.52. The Balaban J connectivity index is 1.35. The minimum absolute atomic E-state index is 0.289. The fourth-order valence-corrected chi connectivity index (χ4v) is 4.18. The van der Waals surface area contributed by atoms with Crippen molar-refractivity contribution >= 4 is 16.8 Å². The lowest BCUT2D eigenvalue weighted by molar-refractivity contribution is -0.134. The van der Waals surface area contributed by atoms with Crippen LogP contribution in [0.1, 0.15) is 50.3 Å². The van der Waals surface area contributed by atoms with E-state index in [1.54, 1.807) is 0 Å². The maximum atomic E-state index is 11.3. The van der Waals surface area contributed by atoms with Gasteiger partial charge in [-0.1, -0.05) is 5.16 Å². The number of carbonyl (C=O) groups excluding carboxylic acids is 1. The molecular weight excluding hydrogens is 304 g/mol. The van der Waals surface area contributed by atoms with Gasteiger partial charge < -0.3 is 9.51 Å². The molecule has 0 bridgehead atoms. The first kappa shape index (κ1) is 13.9. The predicted octanol–water partition coefficient (Wildman–Crippen LogP) is 3.62. The van der Waals surface area contributed by atoms with Crippen LogP contribution in [0.2, 0.25) is 0 Å². The third kappa shape index (κ3) is 2.17. The van der Waals surface area contributed by atoms with E-state index in [0.717, 1.165) is 55.3 Å². The molecule has 0 saturated heterocycles. The maximum absolute atomic E-state index is 11.3. The van der Waals surface area contributed by atoms with Gasteiger partial charge in [-0.3, -0.25) is 4.79 Å². The molecule has 3 heterocycles. The van der Waals surface area contributed by atoms with E-state index in [1.807, 2.05) is 24.4 Å². The number of nitrogens with zero attached hydrogens (tertiary/aromatic N) is 3. The second-order valence-corrected chi connectivity index (χ2v) is 7.23. The van der Waals surface area contributed by atoms with Gasteiger partial charge in [0.15, 0.2) is 0 Å². The fourth-order valence-electron chi connectivity index (χ4n) is 4.18. The van der Waals surface area contributed by atoms with Crippen LogP contribution < -0.4 is 0 Å². The van der Waals surface area contributed by atoms with E-state index in [2.05, 4.69) is 20.1 Å². The van der Waals surface area contributed by atoms with Crippen LogP contribution in [0.25, 0.3) is 22.6 Å². The van der Waals surface area contributed by atoms with E-state index < -0.39 is 0 Å².